The van der Waals surface area contributed by atoms with Crippen LogP contribution in [-0.2, 0) is 19.4 Å². The number of aliphatic imine (C=N–C) groups is 1. The number of amidine groups is 1. The fourth-order valence-corrected chi connectivity index (χ4v) is 5.58. The first-order valence-electron chi connectivity index (χ1n) is 12.7. The SMILES string of the molecule is CCOC(=O)C(CN)S(=O)(=O)c1ccc(Oc2c(F)cnc(Oc3cc(C(=N)N)ccc3O)c2F)c(C2N=CCN2C)c1. The molecular weight excluding hydrogens is 590 g/mol. The Balaban J connectivity index is 1.76. The lowest BCUT2D eigenvalue weighted by Crippen LogP contribution is -2.38. The van der Waals surface area contributed by atoms with E-state index in [9.17, 15) is 22.7 Å². The summed E-state index contributed by atoms with van der Waals surface area (Å²) in [5.74, 6) is -6.60. The minimum atomic E-state index is -4.35. The van der Waals surface area contributed by atoms with Crippen molar-refractivity contribution >= 4 is 27.9 Å². The monoisotopic (exact) mass is 618 g/mol. The van der Waals surface area contributed by atoms with Gasteiger partial charge < -0.3 is 30.8 Å². The maximum atomic E-state index is 15.6. The van der Waals surface area contributed by atoms with Gasteiger partial charge in [-0.3, -0.25) is 20.1 Å². The van der Waals surface area contributed by atoms with Crippen LogP contribution in [0.25, 0.3) is 0 Å². The highest BCUT2D eigenvalue weighted by Gasteiger charge is 2.36. The number of aromatic nitrogens is 1. The Morgan fingerprint density at radius 3 is 2.58 bits per heavy atom. The van der Waals surface area contributed by atoms with Crippen molar-refractivity contribution in [2.45, 2.75) is 23.2 Å². The summed E-state index contributed by atoms with van der Waals surface area (Å²) in [5.41, 5.74) is 11.3. The molecule has 228 valence electrons. The summed E-state index contributed by atoms with van der Waals surface area (Å²) in [7, 11) is -2.67. The van der Waals surface area contributed by atoms with Crippen LogP contribution in [0.3, 0.4) is 0 Å². The van der Waals surface area contributed by atoms with E-state index in [2.05, 4.69) is 9.98 Å². The average Bonchev–Trinajstić information content (AvgIpc) is 3.39. The molecule has 0 fully saturated rings. The lowest BCUT2D eigenvalue weighted by Gasteiger charge is -2.23. The molecule has 0 saturated carbocycles. The van der Waals surface area contributed by atoms with Crippen LogP contribution in [0.2, 0.25) is 0 Å². The number of benzene rings is 2. The average molecular weight is 619 g/mol. The Hall–Kier alpha value is -4.67. The molecule has 13 nitrogen and oxygen atoms in total. The topological polar surface area (TPSA) is 204 Å². The number of phenols is 1. The number of nitrogen functional groups attached to an aromatic ring is 1. The van der Waals surface area contributed by atoms with Crippen LogP contribution < -0.4 is 20.9 Å². The number of phenolic OH excluding ortho intramolecular Hbond substituents is 1. The standard InChI is InChI=1S/C27H28F2N6O7S/c1-3-40-27(37)21(12-30)43(38,39)15-5-7-19(16(11-15)25-33-8-9-35(25)2)41-23-17(28)13-34-26(22(23)29)42-20-10-14(24(31)32)4-6-18(20)36/h4-8,10-11,13,21,25,36H,3,9,12,30H2,1-2H3,(H3,31,32). The second kappa shape index (κ2) is 12.7. The van der Waals surface area contributed by atoms with Gasteiger partial charge in [0.25, 0.3) is 5.88 Å². The number of pyridine rings is 1. The summed E-state index contributed by atoms with van der Waals surface area (Å²) in [4.78, 5) is 21.7. The molecule has 0 bridgehead atoms. The molecule has 2 aromatic carbocycles. The molecule has 0 radical (unpaired) electrons. The maximum absolute atomic E-state index is 15.6. The number of ether oxygens (including phenoxy) is 3. The zero-order valence-corrected chi connectivity index (χ0v) is 23.8. The number of sulfone groups is 1. The Morgan fingerprint density at radius 1 is 1.21 bits per heavy atom. The zero-order valence-electron chi connectivity index (χ0n) is 23.0. The smallest absolute Gasteiger partial charge is 0.326 e. The van der Waals surface area contributed by atoms with Gasteiger partial charge >= 0.3 is 5.97 Å². The molecule has 0 amide bonds. The Kier molecular flexibility index (Phi) is 9.22. The molecule has 2 atom stereocenters. The zero-order chi connectivity index (χ0) is 31.5. The molecule has 43 heavy (non-hydrogen) atoms. The first-order valence-corrected chi connectivity index (χ1v) is 14.3. The van der Waals surface area contributed by atoms with Crippen LogP contribution in [0.4, 0.5) is 8.78 Å². The van der Waals surface area contributed by atoms with Gasteiger partial charge in [-0.15, -0.1) is 0 Å². The van der Waals surface area contributed by atoms with Crippen LogP contribution in [0.15, 0.2) is 52.5 Å². The molecule has 3 aromatic rings. The number of hydrogen-bond donors (Lipinski definition) is 4. The van der Waals surface area contributed by atoms with E-state index in [-0.39, 0.29) is 40.0 Å². The predicted octanol–water partition coefficient (Wildman–Crippen LogP) is 2.61. The van der Waals surface area contributed by atoms with Crippen molar-refractivity contribution in [2.75, 3.05) is 26.7 Å². The number of halogens is 2. The van der Waals surface area contributed by atoms with Gasteiger partial charge in [-0.2, -0.15) is 4.39 Å². The van der Waals surface area contributed by atoms with Crippen molar-refractivity contribution in [3.05, 3.63) is 65.4 Å². The predicted molar refractivity (Wildman–Crippen MR) is 150 cm³/mol. The molecule has 6 N–H and O–H groups in total. The van der Waals surface area contributed by atoms with E-state index >= 15 is 4.39 Å². The number of hydrogen-bond acceptors (Lipinski definition) is 12. The van der Waals surface area contributed by atoms with Gasteiger partial charge in [-0.05, 0) is 50.4 Å². The summed E-state index contributed by atoms with van der Waals surface area (Å²) in [5, 5.41) is 16.0. The van der Waals surface area contributed by atoms with Crippen LogP contribution in [-0.4, -0.2) is 73.4 Å². The molecule has 2 heterocycles. The van der Waals surface area contributed by atoms with E-state index in [0.29, 0.717) is 12.7 Å². The molecule has 4 rings (SSSR count). The molecule has 1 aliphatic rings. The van der Waals surface area contributed by atoms with E-state index in [1.165, 1.54) is 37.3 Å². The van der Waals surface area contributed by atoms with Gasteiger partial charge in [0.1, 0.15) is 17.8 Å². The maximum Gasteiger partial charge on any atom is 0.326 e. The van der Waals surface area contributed by atoms with Crippen molar-refractivity contribution in [2.24, 2.45) is 16.5 Å². The number of nitrogens with one attached hydrogen (secondary N) is 1. The second-order valence-corrected chi connectivity index (χ2v) is 11.4. The van der Waals surface area contributed by atoms with Crippen molar-refractivity contribution < 1.29 is 41.3 Å². The number of carbonyl (C=O) groups is 1. The number of esters is 1. The van der Waals surface area contributed by atoms with Crippen LogP contribution >= 0.6 is 0 Å². The normalized spacial score (nSPS) is 15.7. The van der Waals surface area contributed by atoms with E-state index in [1.807, 2.05) is 0 Å². The number of rotatable bonds is 11. The van der Waals surface area contributed by atoms with Gasteiger partial charge in [0.2, 0.25) is 11.6 Å². The van der Waals surface area contributed by atoms with Crippen molar-refractivity contribution in [1.82, 2.24) is 9.88 Å². The first kappa shape index (κ1) is 31.3. The molecule has 16 heteroatoms. The minimum absolute atomic E-state index is 0.0546. The summed E-state index contributed by atoms with van der Waals surface area (Å²) in [6, 6.07) is 7.14. The minimum Gasteiger partial charge on any atom is -0.504 e. The molecule has 1 aromatic heterocycles. The molecule has 0 spiro atoms. The lowest BCUT2D eigenvalue weighted by molar-refractivity contribution is -0.142. The highest BCUT2D eigenvalue weighted by Crippen LogP contribution is 2.40. The number of nitrogens with zero attached hydrogens (tertiary/aromatic N) is 3. The molecular formula is C27H28F2N6O7S. The summed E-state index contributed by atoms with van der Waals surface area (Å²) in [6.45, 7) is 1.31. The van der Waals surface area contributed by atoms with Gasteiger partial charge in [0, 0.05) is 30.4 Å². The third-order valence-corrected chi connectivity index (χ3v) is 8.39. The molecule has 0 aliphatic carbocycles. The van der Waals surface area contributed by atoms with E-state index in [4.69, 9.17) is 31.1 Å². The van der Waals surface area contributed by atoms with Crippen molar-refractivity contribution in [1.29, 1.82) is 5.41 Å². The van der Waals surface area contributed by atoms with Crippen molar-refractivity contribution in [3.8, 4) is 28.9 Å². The third-order valence-electron chi connectivity index (χ3n) is 6.35. The summed E-state index contributed by atoms with van der Waals surface area (Å²) in [6.07, 6.45) is 1.39. The molecule has 1 aliphatic heterocycles. The van der Waals surface area contributed by atoms with Crippen molar-refractivity contribution in [3.63, 3.8) is 0 Å². The fraction of sp³-hybridized carbons (Fsp3) is 0.259. The van der Waals surface area contributed by atoms with E-state index in [1.54, 1.807) is 18.2 Å². The number of aromatic hydroxyl groups is 1. The summed E-state index contributed by atoms with van der Waals surface area (Å²) >= 11 is 0. The second-order valence-electron chi connectivity index (χ2n) is 9.22. The highest BCUT2D eigenvalue weighted by atomic mass is 32.2. The van der Waals surface area contributed by atoms with E-state index in [0.717, 1.165) is 6.07 Å². The largest absolute Gasteiger partial charge is 0.504 e. The Bertz CT molecular complexity index is 1700. The summed E-state index contributed by atoms with van der Waals surface area (Å²) < 4.78 is 73.0. The molecule has 2 unspecified atom stereocenters. The van der Waals surface area contributed by atoms with Crippen LogP contribution in [0.1, 0.15) is 24.2 Å². The number of nitrogens with two attached hydrogens (primary N) is 2. The van der Waals surface area contributed by atoms with Gasteiger partial charge in [0.05, 0.1) is 17.7 Å². The Morgan fingerprint density at radius 2 is 1.95 bits per heavy atom. The van der Waals surface area contributed by atoms with Crippen LogP contribution in [0, 0.1) is 17.0 Å². The lowest BCUT2D eigenvalue weighted by atomic mass is 10.1. The highest BCUT2D eigenvalue weighted by molar-refractivity contribution is 7.92. The third kappa shape index (κ3) is 6.40. The van der Waals surface area contributed by atoms with Gasteiger partial charge in [-0.1, -0.05) is 0 Å². The quantitative estimate of drug-likeness (QED) is 0.140. The van der Waals surface area contributed by atoms with Crippen LogP contribution in [0.5, 0.6) is 28.9 Å². The molecule has 0 saturated heterocycles. The van der Waals surface area contributed by atoms with Gasteiger partial charge in [-0.25, -0.2) is 17.8 Å². The Labute approximate surface area is 245 Å². The van der Waals surface area contributed by atoms with Gasteiger partial charge in [0.15, 0.2) is 32.4 Å². The fourth-order valence-electron chi connectivity index (χ4n) is 4.13. The number of carbonyl (C=O) groups excluding carboxylic acids is 1. The first-order chi connectivity index (χ1) is 20.4. The van der Waals surface area contributed by atoms with E-state index < -0.39 is 62.8 Å².